The number of aromatic nitrogens is 2. The minimum absolute atomic E-state index is 0.0802. The van der Waals surface area contributed by atoms with Crippen molar-refractivity contribution in [3.63, 3.8) is 0 Å². The second-order valence-corrected chi connectivity index (χ2v) is 7.44. The Morgan fingerprint density at radius 3 is 2.71 bits per heavy atom. The summed E-state index contributed by atoms with van der Waals surface area (Å²) in [7, 11) is 0. The predicted octanol–water partition coefficient (Wildman–Crippen LogP) is 3.61. The van der Waals surface area contributed by atoms with Crippen LogP contribution in [-0.2, 0) is 11.3 Å². The molecule has 0 spiro atoms. The van der Waals surface area contributed by atoms with Crippen molar-refractivity contribution in [1.82, 2.24) is 9.55 Å². The van der Waals surface area contributed by atoms with Gasteiger partial charge in [-0.3, -0.25) is 9.36 Å². The highest BCUT2D eigenvalue weighted by molar-refractivity contribution is 7.99. The fourth-order valence-electron chi connectivity index (χ4n) is 2.11. The van der Waals surface area contributed by atoms with Gasteiger partial charge in [0, 0.05) is 17.2 Å². The molecule has 116 valence electrons. The first-order valence-electron chi connectivity index (χ1n) is 7.20. The normalized spacial score (nSPS) is 11.7. The van der Waals surface area contributed by atoms with Crippen LogP contribution in [0, 0.1) is 13.8 Å². The van der Waals surface area contributed by atoms with Gasteiger partial charge in [0.2, 0.25) is 0 Å². The molecule has 0 aliphatic carbocycles. The highest BCUT2D eigenvalue weighted by atomic mass is 32.2. The highest BCUT2D eigenvalue weighted by Gasteiger charge is 2.15. The predicted molar refractivity (Wildman–Crippen MR) is 90.8 cm³/mol. The largest absolute Gasteiger partial charge is 0.378 e. The maximum atomic E-state index is 12.6. The molecule has 21 heavy (non-hydrogen) atoms. The summed E-state index contributed by atoms with van der Waals surface area (Å²) < 4.78 is 7.31. The highest BCUT2D eigenvalue weighted by Crippen LogP contribution is 2.28. The molecule has 0 radical (unpaired) electrons. The molecule has 0 aliphatic heterocycles. The average Bonchev–Trinajstić information content (AvgIpc) is 2.70. The van der Waals surface area contributed by atoms with E-state index in [0.29, 0.717) is 13.2 Å². The van der Waals surface area contributed by atoms with Crippen molar-refractivity contribution in [3.05, 3.63) is 20.8 Å². The molecule has 0 atom stereocenters. The maximum Gasteiger partial charge on any atom is 0.263 e. The molecule has 4 nitrogen and oxygen atoms in total. The van der Waals surface area contributed by atoms with Gasteiger partial charge in [-0.2, -0.15) is 0 Å². The number of ether oxygens (including phenoxy) is 1. The second kappa shape index (κ2) is 6.94. The van der Waals surface area contributed by atoms with Crippen LogP contribution in [0.15, 0.2) is 9.95 Å². The van der Waals surface area contributed by atoms with Crippen molar-refractivity contribution < 1.29 is 4.74 Å². The molecule has 2 aromatic heterocycles. The molecule has 0 bridgehead atoms. The number of hydrogen-bond donors (Lipinski definition) is 0. The first-order valence-corrected chi connectivity index (χ1v) is 9.00. The van der Waals surface area contributed by atoms with Gasteiger partial charge in [-0.25, -0.2) is 4.98 Å². The summed E-state index contributed by atoms with van der Waals surface area (Å²) in [4.78, 5) is 19.4. The van der Waals surface area contributed by atoms with Crippen molar-refractivity contribution in [3.8, 4) is 0 Å². The quantitative estimate of drug-likeness (QED) is 0.462. The van der Waals surface area contributed by atoms with Crippen molar-refractivity contribution in [1.29, 1.82) is 0 Å². The van der Waals surface area contributed by atoms with E-state index in [9.17, 15) is 4.79 Å². The first kappa shape index (κ1) is 16.5. The molecule has 2 rings (SSSR count). The Hall–Kier alpha value is -0.850. The molecule has 0 saturated heterocycles. The Morgan fingerprint density at radius 1 is 1.38 bits per heavy atom. The molecule has 2 aromatic rings. The zero-order valence-electron chi connectivity index (χ0n) is 13.2. The number of aryl methyl sites for hydroxylation is 2. The minimum Gasteiger partial charge on any atom is -0.378 e. The molecule has 0 aliphatic rings. The van der Waals surface area contributed by atoms with E-state index < -0.39 is 0 Å². The number of hydrogen-bond acceptors (Lipinski definition) is 5. The van der Waals surface area contributed by atoms with E-state index in [-0.39, 0.29) is 11.7 Å². The summed E-state index contributed by atoms with van der Waals surface area (Å²) in [6.45, 7) is 11.4. The summed E-state index contributed by atoms with van der Waals surface area (Å²) >= 11 is 3.19. The summed E-state index contributed by atoms with van der Waals surface area (Å²) in [6, 6.07) is 0. The molecular weight excluding hydrogens is 304 g/mol. The van der Waals surface area contributed by atoms with Crippen LogP contribution in [0.25, 0.3) is 10.2 Å². The van der Waals surface area contributed by atoms with E-state index in [1.54, 1.807) is 27.7 Å². The topological polar surface area (TPSA) is 44.1 Å². The third-order valence-electron chi connectivity index (χ3n) is 3.34. The van der Waals surface area contributed by atoms with Crippen molar-refractivity contribution in [2.75, 3.05) is 12.4 Å². The Morgan fingerprint density at radius 2 is 2.10 bits per heavy atom. The van der Waals surface area contributed by atoms with Crippen molar-refractivity contribution >= 4 is 33.3 Å². The molecule has 0 aromatic carbocycles. The van der Waals surface area contributed by atoms with Gasteiger partial charge in [-0.1, -0.05) is 11.8 Å². The van der Waals surface area contributed by atoms with E-state index >= 15 is 0 Å². The Labute approximate surface area is 133 Å². The van der Waals surface area contributed by atoms with Gasteiger partial charge in [-0.15, -0.1) is 11.3 Å². The lowest BCUT2D eigenvalue weighted by atomic mass is 10.2. The smallest absolute Gasteiger partial charge is 0.263 e. The summed E-state index contributed by atoms with van der Waals surface area (Å²) in [5.41, 5.74) is 1.14. The molecule has 0 amide bonds. The van der Waals surface area contributed by atoms with Crippen LogP contribution in [-0.4, -0.2) is 28.0 Å². The molecule has 0 N–H and O–H groups in total. The fourth-order valence-corrected chi connectivity index (χ4v) is 4.08. The molecule has 0 saturated carbocycles. The van der Waals surface area contributed by atoms with Crippen LogP contribution in [0.1, 0.15) is 31.2 Å². The number of thioether (sulfide) groups is 1. The van der Waals surface area contributed by atoms with Gasteiger partial charge < -0.3 is 4.74 Å². The Kier molecular flexibility index (Phi) is 5.46. The number of nitrogens with zero attached hydrogens (tertiary/aromatic N) is 2. The van der Waals surface area contributed by atoms with Crippen LogP contribution in [0.2, 0.25) is 0 Å². The van der Waals surface area contributed by atoms with Gasteiger partial charge in [0.05, 0.1) is 18.1 Å². The van der Waals surface area contributed by atoms with Gasteiger partial charge in [0.1, 0.15) is 4.83 Å². The van der Waals surface area contributed by atoms with E-state index in [1.165, 1.54) is 4.88 Å². The number of rotatable bonds is 6. The SMILES string of the molecule is CCn1c(SCCOC(C)C)nc2sc(C)c(C)c2c1=O. The first-order chi connectivity index (χ1) is 9.95. The van der Waals surface area contributed by atoms with E-state index in [1.807, 2.05) is 34.6 Å². The van der Waals surface area contributed by atoms with E-state index in [2.05, 4.69) is 0 Å². The number of thiophene rings is 1. The third kappa shape index (κ3) is 3.49. The monoisotopic (exact) mass is 326 g/mol. The van der Waals surface area contributed by atoms with Crippen molar-refractivity contribution in [2.45, 2.75) is 52.4 Å². The Balaban J connectivity index is 2.33. The maximum absolute atomic E-state index is 12.6. The minimum atomic E-state index is 0.0802. The lowest BCUT2D eigenvalue weighted by Gasteiger charge is -2.11. The molecule has 2 heterocycles. The molecule has 0 fully saturated rings. The summed E-state index contributed by atoms with van der Waals surface area (Å²) in [5, 5.41) is 1.57. The van der Waals surface area contributed by atoms with Crippen molar-refractivity contribution in [2.24, 2.45) is 0 Å². The van der Waals surface area contributed by atoms with Crippen LogP contribution >= 0.6 is 23.1 Å². The van der Waals surface area contributed by atoms with Crippen LogP contribution in [0.4, 0.5) is 0 Å². The van der Waals surface area contributed by atoms with Crippen LogP contribution in [0.3, 0.4) is 0 Å². The lowest BCUT2D eigenvalue weighted by Crippen LogP contribution is -2.22. The lowest BCUT2D eigenvalue weighted by molar-refractivity contribution is 0.0920. The Bertz CT molecular complexity index is 689. The summed E-state index contributed by atoms with van der Waals surface area (Å²) in [5.74, 6) is 0.805. The zero-order valence-corrected chi connectivity index (χ0v) is 14.9. The van der Waals surface area contributed by atoms with Crippen LogP contribution < -0.4 is 5.56 Å². The average molecular weight is 326 g/mol. The third-order valence-corrected chi connectivity index (χ3v) is 5.38. The summed E-state index contributed by atoms with van der Waals surface area (Å²) in [6.07, 6.45) is 0.233. The molecule has 0 unspecified atom stereocenters. The number of fused-ring (bicyclic) bond motifs is 1. The van der Waals surface area contributed by atoms with Crippen LogP contribution in [0.5, 0.6) is 0 Å². The van der Waals surface area contributed by atoms with Gasteiger partial charge in [0.15, 0.2) is 5.16 Å². The van der Waals surface area contributed by atoms with Gasteiger partial charge in [-0.05, 0) is 40.2 Å². The van der Waals surface area contributed by atoms with Gasteiger partial charge >= 0.3 is 0 Å². The second-order valence-electron chi connectivity index (χ2n) is 5.18. The zero-order chi connectivity index (χ0) is 15.6. The van der Waals surface area contributed by atoms with E-state index in [4.69, 9.17) is 9.72 Å². The molecular formula is C15H22N2O2S2. The fraction of sp³-hybridized carbons (Fsp3) is 0.600. The van der Waals surface area contributed by atoms with Gasteiger partial charge in [0.25, 0.3) is 5.56 Å². The molecule has 6 heteroatoms. The van der Waals surface area contributed by atoms with E-state index in [0.717, 1.165) is 26.7 Å². The standard InChI is InChI=1S/C15H22N2O2S2/c1-6-17-14(18)12-10(4)11(5)21-13(12)16-15(17)20-8-7-19-9(2)3/h9H,6-8H2,1-5H3.